The van der Waals surface area contributed by atoms with E-state index in [0.29, 0.717) is 0 Å². The average Bonchev–Trinajstić information content (AvgIpc) is 2.70. The number of hydrogen-bond acceptors (Lipinski definition) is 10. The molecule has 2 rings (SSSR count). The van der Waals surface area contributed by atoms with Gasteiger partial charge in [0.05, 0.1) is 33.0 Å². The van der Waals surface area contributed by atoms with Crippen molar-refractivity contribution in [3.05, 3.63) is 23.3 Å². The third-order valence-electron chi connectivity index (χ3n) is 4.64. The Morgan fingerprint density at radius 2 is 1.52 bits per heavy atom. The monoisotopic (exact) mass is 390 g/mol. The molecule has 154 valence electrons. The minimum Gasteiger partial charge on any atom is -0.496 e. The van der Waals surface area contributed by atoms with E-state index in [0.717, 1.165) is 0 Å². The third-order valence-corrected chi connectivity index (χ3v) is 4.64. The molecule has 1 fully saturated rings. The SMILES string of the molecule is COc1cc([C@@H](O)[C@@H](O)CO)cc(OC)c1[C@@H]1O[C@H](CO)[C@@H](O)[C@H](O)[C@H]1O. The van der Waals surface area contributed by atoms with Gasteiger partial charge in [-0.1, -0.05) is 0 Å². The second-order valence-electron chi connectivity index (χ2n) is 6.28. The molecule has 0 bridgehead atoms. The molecule has 0 aromatic heterocycles. The lowest BCUT2D eigenvalue weighted by Crippen LogP contribution is -2.55. The molecule has 1 saturated heterocycles. The molecule has 1 aromatic carbocycles. The number of benzene rings is 1. The topological polar surface area (TPSA) is 169 Å². The van der Waals surface area contributed by atoms with Gasteiger partial charge in [0.2, 0.25) is 0 Å². The van der Waals surface area contributed by atoms with Crippen molar-refractivity contribution in [2.24, 2.45) is 0 Å². The molecule has 1 aliphatic heterocycles. The highest BCUT2D eigenvalue weighted by Crippen LogP contribution is 2.43. The average molecular weight is 390 g/mol. The summed E-state index contributed by atoms with van der Waals surface area (Å²) in [6.45, 7) is -1.26. The van der Waals surface area contributed by atoms with E-state index in [9.17, 15) is 30.6 Å². The Morgan fingerprint density at radius 3 is 1.96 bits per heavy atom. The van der Waals surface area contributed by atoms with E-state index in [1.165, 1.54) is 26.4 Å². The van der Waals surface area contributed by atoms with Crippen molar-refractivity contribution in [1.82, 2.24) is 0 Å². The molecular weight excluding hydrogens is 364 g/mol. The van der Waals surface area contributed by atoms with Crippen LogP contribution in [-0.2, 0) is 4.74 Å². The number of aliphatic hydroxyl groups is 7. The second kappa shape index (κ2) is 9.13. The van der Waals surface area contributed by atoms with E-state index in [1.54, 1.807) is 0 Å². The molecule has 7 N–H and O–H groups in total. The van der Waals surface area contributed by atoms with Crippen LogP contribution in [0.25, 0.3) is 0 Å². The maximum absolute atomic E-state index is 10.4. The smallest absolute Gasteiger partial charge is 0.128 e. The summed E-state index contributed by atoms with van der Waals surface area (Å²) in [4.78, 5) is 0. The number of hydrogen-bond donors (Lipinski definition) is 7. The Bertz CT molecular complexity index is 597. The summed E-state index contributed by atoms with van der Waals surface area (Å²) in [6.07, 6.45) is -9.84. The van der Waals surface area contributed by atoms with Crippen molar-refractivity contribution in [3.8, 4) is 11.5 Å². The molecule has 0 saturated carbocycles. The second-order valence-corrected chi connectivity index (χ2v) is 6.28. The van der Waals surface area contributed by atoms with E-state index in [2.05, 4.69) is 0 Å². The van der Waals surface area contributed by atoms with Crippen molar-refractivity contribution in [2.75, 3.05) is 27.4 Å². The van der Waals surface area contributed by atoms with Crippen molar-refractivity contribution >= 4 is 0 Å². The lowest BCUT2D eigenvalue weighted by molar-refractivity contribution is -0.232. The molecule has 1 aromatic rings. The summed E-state index contributed by atoms with van der Waals surface area (Å²) in [5, 5.41) is 68.5. The van der Waals surface area contributed by atoms with Crippen LogP contribution in [0.5, 0.6) is 11.5 Å². The highest BCUT2D eigenvalue weighted by atomic mass is 16.5. The van der Waals surface area contributed by atoms with Crippen LogP contribution in [-0.4, -0.2) is 93.7 Å². The predicted octanol–water partition coefficient (Wildman–Crippen LogP) is -2.39. The van der Waals surface area contributed by atoms with E-state index < -0.39 is 55.9 Å². The Kier molecular flexibility index (Phi) is 7.37. The molecule has 0 unspecified atom stereocenters. The highest BCUT2D eigenvalue weighted by Gasteiger charge is 2.46. The van der Waals surface area contributed by atoms with Crippen LogP contribution in [0.15, 0.2) is 12.1 Å². The Hall–Kier alpha value is -1.50. The highest BCUT2D eigenvalue weighted by molar-refractivity contribution is 5.51. The molecule has 0 radical (unpaired) electrons. The van der Waals surface area contributed by atoms with Gasteiger partial charge in [0.15, 0.2) is 0 Å². The number of aliphatic hydroxyl groups excluding tert-OH is 7. The van der Waals surface area contributed by atoms with Crippen LogP contribution in [0.4, 0.5) is 0 Å². The minimum atomic E-state index is -1.59. The zero-order valence-electron chi connectivity index (χ0n) is 15.0. The maximum Gasteiger partial charge on any atom is 0.128 e. The van der Waals surface area contributed by atoms with Gasteiger partial charge in [-0.05, 0) is 17.7 Å². The van der Waals surface area contributed by atoms with Crippen LogP contribution in [0.2, 0.25) is 0 Å². The Labute approximate surface area is 155 Å². The molecule has 10 nitrogen and oxygen atoms in total. The first-order valence-corrected chi connectivity index (χ1v) is 8.33. The predicted molar refractivity (Wildman–Crippen MR) is 90.3 cm³/mol. The third kappa shape index (κ3) is 4.18. The van der Waals surface area contributed by atoms with Gasteiger partial charge < -0.3 is 50.0 Å². The van der Waals surface area contributed by atoms with Gasteiger partial charge in [0.25, 0.3) is 0 Å². The van der Waals surface area contributed by atoms with Gasteiger partial charge in [-0.3, -0.25) is 0 Å². The summed E-state index contributed by atoms with van der Waals surface area (Å²) in [5.41, 5.74) is 0.366. The molecule has 10 heteroatoms. The standard InChI is InChI=1S/C17H26O10/c1-25-9-3-7(13(21)8(20)5-18)4-10(26-2)12(9)17-16(24)15(23)14(22)11(6-19)27-17/h3-4,8,11,13-24H,5-6H2,1-2H3/t8-,11+,13+,14+,15-,16+,17-/m0/s1. The quantitative estimate of drug-likeness (QED) is 0.266. The lowest BCUT2D eigenvalue weighted by atomic mass is 9.89. The van der Waals surface area contributed by atoms with Gasteiger partial charge in [0.1, 0.15) is 54.2 Å². The van der Waals surface area contributed by atoms with E-state index in [4.69, 9.17) is 19.3 Å². The van der Waals surface area contributed by atoms with E-state index in [1.807, 2.05) is 0 Å². The number of rotatable bonds is 7. The molecular formula is C17H26O10. The van der Waals surface area contributed by atoms with Crippen LogP contribution < -0.4 is 9.47 Å². The van der Waals surface area contributed by atoms with Gasteiger partial charge in [-0.15, -0.1) is 0 Å². The molecule has 1 aliphatic rings. The Morgan fingerprint density at radius 1 is 0.963 bits per heavy atom. The summed E-state index contributed by atoms with van der Waals surface area (Å²) >= 11 is 0. The van der Waals surface area contributed by atoms with Gasteiger partial charge >= 0.3 is 0 Å². The number of methoxy groups -OCH3 is 2. The summed E-state index contributed by atoms with van der Waals surface area (Å²) < 4.78 is 16.1. The Balaban J connectivity index is 2.52. The van der Waals surface area contributed by atoms with Gasteiger partial charge in [0, 0.05) is 0 Å². The zero-order valence-corrected chi connectivity index (χ0v) is 15.0. The molecule has 1 heterocycles. The summed E-state index contributed by atoms with van der Waals surface area (Å²) in [7, 11) is 2.64. The fraction of sp³-hybridized carbons (Fsp3) is 0.647. The van der Waals surface area contributed by atoms with Crippen LogP contribution in [0.3, 0.4) is 0 Å². The largest absolute Gasteiger partial charge is 0.496 e. The maximum atomic E-state index is 10.4. The fourth-order valence-corrected chi connectivity index (χ4v) is 3.07. The first kappa shape index (κ1) is 21.8. The molecule has 27 heavy (non-hydrogen) atoms. The lowest BCUT2D eigenvalue weighted by Gasteiger charge is -2.41. The van der Waals surface area contributed by atoms with E-state index >= 15 is 0 Å². The van der Waals surface area contributed by atoms with E-state index in [-0.39, 0.29) is 22.6 Å². The zero-order chi connectivity index (χ0) is 20.3. The van der Waals surface area contributed by atoms with Crippen molar-refractivity contribution in [2.45, 2.75) is 42.7 Å². The fourth-order valence-electron chi connectivity index (χ4n) is 3.07. The van der Waals surface area contributed by atoms with Crippen molar-refractivity contribution in [1.29, 1.82) is 0 Å². The summed E-state index contributed by atoms with van der Waals surface area (Å²) in [6, 6.07) is 2.73. The van der Waals surface area contributed by atoms with Gasteiger partial charge in [-0.2, -0.15) is 0 Å². The van der Waals surface area contributed by atoms with Crippen molar-refractivity contribution in [3.63, 3.8) is 0 Å². The number of ether oxygens (including phenoxy) is 3. The molecule has 7 atom stereocenters. The van der Waals surface area contributed by atoms with Gasteiger partial charge in [-0.25, -0.2) is 0 Å². The minimum absolute atomic E-state index is 0.109. The van der Waals surface area contributed by atoms with Crippen LogP contribution in [0, 0.1) is 0 Å². The van der Waals surface area contributed by atoms with Crippen LogP contribution in [0.1, 0.15) is 23.3 Å². The normalized spacial score (nSPS) is 30.6. The molecule has 0 amide bonds. The first-order chi connectivity index (χ1) is 12.8. The molecule has 0 spiro atoms. The summed E-state index contributed by atoms with van der Waals surface area (Å²) in [5.74, 6) is 0.218. The van der Waals surface area contributed by atoms with Crippen molar-refractivity contribution < 1.29 is 50.0 Å². The molecule has 0 aliphatic carbocycles. The first-order valence-electron chi connectivity index (χ1n) is 8.33. The van der Waals surface area contributed by atoms with Crippen LogP contribution >= 0.6 is 0 Å².